The number of nitrogens with one attached hydrogen (secondary N) is 1. The van der Waals surface area contributed by atoms with E-state index in [0.29, 0.717) is 34.4 Å². The Hall–Kier alpha value is -5.24. The molecular weight excluding hydrogens is 778 g/mol. The Labute approximate surface area is 352 Å². The van der Waals surface area contributed by atoms with Crippen molar-refractivity contribution >= 4 is 35.8 Å². The van der Waals surface area contributed by atoms with Gasteiger partial charge in [0, 0.05) is 48.7 Å². The van der Waals surface area contributed by atoms with E-state index in [4.69, 9.17) is 23.7 Å². The van der Waals surface area contributed by atoms with E-state index in [-0.39, 0.29) is 60.3 Å². The molecule has 2 aliphatic heterocycles. The van der Waals surface area contributed by atoms with Gasteiger partial charge in [-0.05, 0) is 101 Å². The Balaban J connectivity index is 0.000000257. The Kier molecular flexibility index (Phi) is 17.1. The molecule has 14 heteroatoms. The third kappa shape index (κ3) is 11.7. The van der Waals surface area contributed by atoms with Gasteiger partial charge in [-0.3, -0.25) is 19.8 Å². The molecule has 2 unspecified atom stereocenters. The summed E-state index contributed by atoms with van der Waals surface area (Å²) in [6, 6.07) is 20.4. The van der Waals surface area contributed by atoms with Crippen LogP contribution in [-0.4, -0.2) is 81.3 Å². The van der Waals surface area contributed by atoms with Crippen molar-refractivity contribution in [1.29, 1.82) is 0 Å². The minimum absolute atomic E-state index is 0. The lowest BCUT2D eigenvalue weighted by atomic mass is 9.80. The zero-order valence-electron chi connectivity index (χ0n) is 34.9. The number of piperidine rings is 1. The Morgan fingerprint density at radius 1 is 0.881 bits per heavy atom. The first-order chi connectivity index (χ1) is 27.8. The zero-order valence-corrected chi connectivity index (χ0v) is 35.7. The fourth-order valence-corrected chi connectivity index (χ4v) is 7.97. The van der Waals surface area contributed by atoms with Crippen molar-refractivity contribution < 1.29 is 43.0 Å². The standard InChI is InChI=1S/C24H29NO3.C21H26N2O7.ClH/c1-27-22-14-19-13-20(24(26)21(19)15-23(22)28-2)12-17-8-10-25(11-9-17)16-18-6-4-3-5-7-18;1-12(2)30-21(25)18-14(4)22-13(3)17(20(24)29-10-9-28-5)19(18)15-7-6-8-16(11-15)23(26)27;/h3-7,14-15,17,20H,8-13,16H2,1-2H3;6-8,11-12,19,22H,9-10H2,1-5H3;1H. The van der Waals surface area contributed by atoms with Gasteiger partial charge in [-0.25, -0.2) is 9.59 Å². The number of halogens is 1. The number of nitro groups is 1. The maximum Gasteiger partial charge on any atom is 0.337 e. The summed E-state index contributed by atoms with van der Waals surface area (Å²) in [5, 5.41) is 14.3. The number of fused-ring (bicyclic) bond motifs is 1. The summed E-state index contributed by atoms with van der Waals surface area (Å²) in [4.78, 5) is 52.0. The number of nitrogens with zero attached hydrogens (tertiary/aromatic N) is 2. The SMILES string of the molecule is COCCOC(=O)C1=C(C)NC(C)=C(C(=O)OC(C)C)C1c1cccc([N+](=O)[O-])c1.COc1cc2c(cc1OC)C(=O)C(CC1CCN(Cc3ccccc3)CC1)C2.Cl. The number of ketones is 1. The van der Waals surface area contributed by atoms with Crippen molar-refractivity contribution in [3.63, 3.8) is 0 Å². The minimum Gasteiger partial charge on any atom is -0.493 e. The van der Waals surface area contributed by atoms with E-state index in [0.717, 1.165) is 43.6 Å². The second-order valence-electron chi connectivity index (χ2n) is 15.1. The molecule has 1 aliphatic carbocycles. The van der Waals surface area contributed by atoms with E-state index in [2.05, 4.69) is 40.5 Å². The molecule has 6 rings (SSSR count). The van der Waals surface area contributed by atoms with E-state index in [9.17, 15) is 24.5 Å². The Morgan fingerprint density at radius 2 is 1.53 bits per heavy atom. The van der Waals surface area contributed by atoms with Gasteiger partial charge in [0.15, 0.2) is 17.3 Å². The van der Waals surface area contributed by atoms with Gasteiger partial charge < -0.3 is 29.0 Å². The molecule has 0 saturated carbocycles. The van der Waals surface area contributed by atoms with Gasteiger partial charge in [-0.1, -0.05) is 42.5 Å². The number of methoxy groups -OCH3 is 3. The van der Waals surface area contributed by atoms with Crippen LogP contribution in [0.4, 0.5) is 5.69 Å². The highest BCUT2D eigenvalue weighted by Gasteiger charge is 2.39. The van der Waals surface area contributed by atoms with Gasteiger partial charge in [0.05, 0.1) is 48.9 Å². The molecule has 0 aromatic heterocycles. The molecule has 1 saturated heterocycles. The Bertz CT molecular complexity index is 2020. The summed E-state index contributed by atoms with van der Waals surface area (Å²) < 4.78 is 26.4. The molecule has 3 aromatic rings. The van der Waals surface area contributed by atoms with Crippen LogP contribution in [0.2, 0.25) is 0 Å². The number of esters is 2. The zero-order chi connectivity index (χ0) is 41.9. The predicted molar refractivity (Wildman–Crippen MR) is 226 cm³/mol. The first-order valence-corrected chi connectivity index (χ1v) is 19.7. The van der Waals surface area contributed by atoms with Crippen molar-refractivity contribution in [3.8, 4) is 11.5 Å². The van der Waals surface area contributed by atoms with Crippen LogP contribution < -0.4 is 14.8 Å². The molecule has 318 valence electrons. The number of rotatable bonds is 14. The molecule has 59 heavy (non-hydrogen) atoms. The van der Waals surface area contributed by atoms with Crippen LogP contribution in [0.3, 0.4) is 0 Å². The monoisotopic (exact) mass is 833 g/mol. The lowest BCUT2D eigenvalue weighted by molar-refractivity contribution is -0.384. The molecule has 0 spiro atoms. The van der Waals surface area contributed by atoms with E-state index in [1.807, 2.05) is 12.1 Å². The lowest BCUT2D eigenvalue weighted by Gasteiger charge is -2.32. The number of non-ortho nitro benzene ring substituents is 1. The van der Waals surface area contributed by atoms with Crippen molar-refractivity contribution in [2.24, 2.45) is 11.8 Å². The molecular formula is C45H56ClN3O10. The van der Waals surface area contributed by atoms with E-state index in [1.54, 1.807) is 48.0 Å². The van der Waals surface area contributed by atoms with Crippen LogP contribution in [0.5, 0.6) is 11.5 Å². The van der Waals surface area contributed by atoms with Crippen molar-refractivity contribution in [2.45, 2.75) is 71.9 Å². The maximum atomic E-state index is 12.9. The molecule has 0 radical (unpaired) electrons. The molecule has 2 atom stereocenters. The second kappa shape index (κ2) is 21.7. The van der Waals surface area contributed by atoms with E-state index in [1.165, 1.54) is 43.7 Å². The Morgan fingerprint density at radius 3 is 2.14 bits per heavy atom. The number of ether oxygens (including phenoxy) is 5. The van der Waals surface area contributed by atoms with Gasteiger partial charge in [-0.15, -0.1) is 12.4 Å². The highest BCUT2D eigenvalue weighted by molar-refractivity contribution is 6.03. The summed E-state index contributed by atoms with van der Waals surface area (Å²) in [5.74, 6) is 0.247. The molecule has 0 amide bonds. The smallest absolute Gasteiger partial charge is 0.337 e. The fourth-order valence-electron chi connectivity index (χ4n) is 7.97. The van der Waals surface area contributed by atoms with Gasteiger partial charge in [-0.2, -0.15) is 0 Å². The van der Waals surface area contributed by atoms with Crippen molar-refractivity contribution in [3.05, 3.63) is 122 Å². The third-order valence-corrected chi connectivity index (χ3v) is 10.8. The van der Waals surface area contributed by atoms with Gasteiger partial charge >= 0.3 is 11.9 Å². The number of allylic oxidation sites excluding steroid dienone is 2. The highest BCUT2D eigenvalue weighted by atomic mass is 35.5. The maximum absolute atomic E-state index is 12.9. The first kappa shape index (κ1) is 46.4. The third-order valence-electron chi connectivity index (χ3n) is 10.8. The van der Waals surface area contributed by atoms with Crippen LogP contribution in [0.25, 0.3) is 0 Å². The lowest BCUT2D eigenvalue weighted by Crippen LogP contribution is -2.34. The number of benzene rings is 3. The van der Waals surface area contributed by atoms with E-state index < -0.39 is 22.8 Å². The van der Waals surface area contributed by atoms with Gasteiger partial charge in [0.25, 0.3) is 5.69 Å². The largest absolute Gasteiger partial charge is 0.493 e. The van der Waals surface area contributed by atoms with Crippen molar-refractivity contribution in [1.82, 2.24) is 10.2 Å². The molecule has 1 N–H and O–H groups in total. The minimum atomic E-state index is -0.882. The molecule has 0 bridgehead atoms. The summed E-state index contributed by atoms with van der Waals surface area (Å²) in [6.07, 6.45) is 3.81. The number of Topliss-reactive ketones (excluding diaryl/α,β-unsaturated/α-hetero) is 1. The fraction of sp³-hybridized carbons (Fsp3) is 0.444. The molecule has 1 fully saturated rings. The van der Waals surface area contributed by atoms with Crippen LogP contribution in [-0.2, 0) is 36.8 Å². The second-order valence-corrected chi connectivity index (χ2v) is 15.1. The van der Waals surface area contributed by atoms with Crippen LogP contribution in [0.1, 0.15) is 79.9 Å². The quantitative estimate of drug-likeness (QED) is 0.0731. The molecule has 2 heterocycles. The molecule has 3 aromatic carbocycles. The number of nitro benzene ring substituents is 1. The predicted octanol–water partition coefficient (Wildman–Crippen LogP) is 7.75. The summed E-state index contributed by atoms with van der Waals surface area (Å²) >= 11 is 0. The van der Waals surface area contributed by atoms with Crippen LogP contribution in [0.15, 0.2) is 89.3 Å². The number of likely N-dealkylation sites (tertiary alicyclic amines) is 1. The number of carbonyl (C=O) groups is 3. The average molecular weight is 834 g/mol. The molecule has 13 nitrogen and oxygen atoms in total. The molecule has 3 aliphatic rings. The topological polar surface area (TPSA) is 156 Å². The first-order valence-electron chi connectivity index (χ1n) is 19.7. The van der Waals surface area contributed by atoms with Crippen LogP contribution in [0, 0.1) is 22.0 Å². The average Bonchev–Trinajstić information content (AvgIpc) is 3.50. The van der Waals surface area contributed by atoms with Gasteiger partial charge in [0.1, 0.15) is 6.61 Å². The van der Waals surface area contributed by atoms with Crippen LogP contribution >= 0.6 is 12.4 Å². The van der Waals surface area contributed by atoms with E-state index >= 15 is 0 Å². The highest BCUT2D eigenvalue weighted by Crippen LogP contribution is 2.41. The van der Waals surface area contributed by atoms with Gasteiger partial charge in [0.2, 0.25) is 0 Å². The normalized spacial score (nSPS) is 17.9. The summed E-state index contributed by atoms with van der Waals surface area (Å²) in [6.45, 7) is 10.3. The number of carbonyl (C=O) groups excluding carboxylic acids is 3. The van der Waals surface area contributed by atoms with Crippen molar-refractivity contribution in [2.75, 3.05) is 47.6 Å². The number of hydrogen-bond donors (Lipinski definition) is 1. The summed E-state index contributed by atoms with van der Waals surface area (Å²) in [7, 11) is 4.74. The summed E-state index contributed by atoms with van der Waals surface area (Å²) in [5.41, 5.74) is 4.96. The number of dihydropyridines is 1. The number of hydrogen-bond acceptors (Lipinski definition) is 12.